The Bertz CT molecular complexity index is 1580. The summed E-state index contributed by atoms with van der Waals surface area (Å²) in [5.74, 6) is 2.58. The van der Waals surface area contributed by atoms with Crippen LogP contribution in [0.25, 0.3) is 11.1 Å². The van der Waals surface area contributed by atoms with E-state index in [9.17, 15) is 14.7 Å². The number of rotatable bonds is 8. The van der Waals surface area contributed by atoms with Gasteiger partial charge < -0.3 is 19.9 Å². The molecule has 1 saturated heterocycles. The number of piperidine rings is 1. The molecule has 7 heteroatoms. The molecule has 44 heavy (non-hydrogen) atoms. The van der Waals surface area contributed by atoms with E-state index in [4.69, 9.17) is 9.47 Å². The van der Waals surface area contributed by atoms with Gasteiger partial charge >= 0.3 is 0 Å². The van der Waals surface area contributed by atoms with E-state index >= 15 is 0 Å². The van der Waals surface area contributed by atoms with Crippen LogP contribution in [0.15, 0.2) is 54.6 Å². The van der Waals surface area contributed by atoms with Gasteiger partial charge in [-0.05, 0) is 84.5 Å². The number of ether oxygens (including phenoxy) is 2. The molecule has 0 spiro atoms. The summed E-state index contributed by atoms with van der Waals surface area (Å²) < 4.78 is 10.9. The minimum absolute atomic E-state index is 0.0848. The molecule has 2 fully saturated rings. The number of Topliss-reactive ketones (excluding diaryl/α,β-unsaturated/α-hetero) is 1. The van der Waals surface area contributed by atoms with Crippen molar-refractivity contribution in [3.8, 4) is 28.4 Å². The average Bonchev–Trinajstić information content (AvgIpc) is 3.50. The quantitative estimate of drug-likeness (QED) is 0.331. The van der Waals surface area contributed by atoms with Gasteiger partial charge in [0.1, 0.15) is 11.5 Å². The number of hydrogen-bond acceptors (Lipinski definition) is 6. The highest BCUT2D eigenvalue weighted by Gasteiger charge is 2.56. The van der Waals surface area contributed by atoms with Crippen LogP contribution in [0, 0.1) is 11.8 Å². The third kappa shape index (κ3) is 5.05. The number of carbonyl (C=O) groups is 2. The molecule has 1 amide bonds. The number of nitrogens with one attached hydrogen (secondary N) is 1. The van der Waals surface area contributed by atoms with E-state index in [1.165, 1.54) is 0 Å². The average molecular weight is 595 g/mol. The lowest BCUT2D eigenvalue weighted by atomic mass is 9.51. The number of likely N-dealkylation sites (tertiary alicyclic amines) is 1. The zero-order chi connectivity index (χ0) is 30.4. The molecule has 2 N–H and O–H groups in total. The first-order chi connectivity index (χ1) is 21.4. The molecule has 2 aliphatic carbocycles. The summed E-state index contributed by atoms with van der Waals surface area (Å²) in [4.78, 5) is 29.0. The maximum Gasteiger partial charge on any atom is 0.255 e. The predicted octanol–water partition coefficient (Wildman–Crippen LogP) is 6.04. The second-order valence-corrected chi connectivity index (χ2v) is 13.3. The predicted molar refractivity (Wildman–Crippen MR) is 169 cm³/mol. The highest BCUT2D eigenvalue weighted by atomic mass is 16.7. The van der Waals surface area contributed by atoms with Gasteiger partial charge in [-0.1, -0.05) is 56.7 Å². The molecular formula is C37H42N2O5. The van der Waals surface area contributed by atoms with Crippen LogP contribution in [0.5, 0.6) is 17.2 Å². The Balaban J connectivity index is 1.06. The molecule has 2 bridgehead atoms. The van der Waals surface area contributed by atoms with Gasteiger partial charge in [0.25, 0.3) is 5.91 Å². The molecule has 1 saturated carbocycles. The lowest BCUT2D eigenvalue weighted by Gasteiger charge is -2.59. The highest BCUT2D eigenvalue weighted by molar-refractivity contribution is 5.98. The van der Waals surface area contributed by atoms with Crippen molar-refractivity contribution in [2.75, 3.05) is 26.4 Å². The van der Waals surface area contributed by atoms with Crippen LogP contribution in [0.2, 0.25) is 0 Å². The molecule has 0 radical (unpaired) electrons. The van der Waals surface area contributed by atoms with Crippen molar-refractivity contribution in [1.29, 1.82) is 0 Å². The van der Waals surface area contributed by atoms with Crippen LogP contribution < -0.4 is 14.8 Å². The third-order valence-electron chi connectivity index (χ3n) is 10.8. The van der Waals surface area contributed by atoms with Crippen molar-refractivity contribution in [2.45, 2.75) is 70.3 Å². The number of hydrogen-bond donors (Lipinski definition) is 2. The van der Waals surface area contributed by atoms with Crippen molar-refractivity contribution >= 4 is 11.7 Å². The van der Waals surface area contributed by atoms with Crippen LogP contribution in [0.4, 0.5) is 0 Å². The number of carbonyl (C=O) groups excluding carboxylic acids is 2. The van der Waals surface area contributed by atoms with Gasteiger partial charge in [0, 0.05) is 43.0 Å². The molecule has 3 aromatic rings. The molecule has 3 aromatic carbocycles. The number of fused-ring (bicyclic) bond motifs is 2. The molecule has 4 atom stereocenters. The number of nitrogens with zero attached hydrogens (tertiary/aromatic N) is 1. The van der Waals surface area contributed by atoms with Crippen LogP contribution in [0.3, 0.4) is 0 Å². The Morgan fingerprint density at radius 3 is 2.70 bits per heavy atom. The zero-order valence-corrected chi connectivity index (χ0v) is 25.7. The lowest BCUT2D eigenvalue weighted by molar-refractivity contribution is -0.127. The molecule has 2 heterocycles. The molecule has 230 valence electrons. The van der Waals surface area contributed by atoms with Gasteiger partial charge in [-0.2, -0.15) is 0 Å². The minimum atomic E-state index is -0.375. The topological polar surface area (TPSA) is 88.1 Å². The number of phenols is 1. The Morgan fingerprint density at radius 1 is 1.09 bits per heavy atom. The van der Waals surface area contributed by atoms with Gasteiger partial charge in [-0.25, -0.2) is 0 Å². The summed E-state index contributed by atoms with van der Waals surface area (Å²) in [5.41, 5.74) is 5.18. The van der Waals surface area contributed by atoms with Crippen molar-refractivity contribution in [3.63, 3.8) is 0 Å². The van der Waals surface area contributed by atoms with Crippen molar-refractivity contribution in [3.05, 3.63) is 76.9 Å². The zero-order valence-electron chi connectivity index (χ0n) is 25.7. The number of phenolic OH excluding ortho intramolecular Hbond substituents is 1. The smallest absolute Gasteiger partial charge is 0.255 e. The largest absolute Gasteiger partial charge is 0.507 e. The minimum Gasteiger partial charge on any atom is -0.507 e. The first-order valence-electron chi connectivity index (χ1n) is 16.2. The standard InChI is InChI=1S/C37H42N2O5/c1-3-23(2)21-39-17-15-37-20-28(40)10-12-30(37)31(39)18-27-8-11-29(35(41)34(27)37)36(42)38-16-14-24-4-6-25(7-5-24)26-9-13-32-33(19-26)44-22-43-32/h4-9,11,13,19,23,30-31,41H,3,10,12,14-18,20-22H2,1-2H3,(H,38,42)/t23?,30-,31+,37-/m0/s1. The molecule has 2 aliphatic heterocycles. The molecular weight excluding hydrogens is 552 g/mol. The maximum absolute atomic E-state index is 13.4. The summed E-state index contributed by atoms with van der Waals surface area (Å²) in [6, 6.07) is 18.4. The second-order valence-electron chi connectivity index (χ2n) is 13.3. The second kappa shape index (κ2) is 11.6. The first kappa shape index (κ1) is 28.9. The first-order valence-corrected chi connectivity index (χ1v) is 16.2. The highest BCUT2D eigenvalue weighted by Crippen LogP contribution is 2.57. The fraction of sp³-hybridized carbons (Fsp3) is 0.459. The van der Waals surface area contributed by atoms with E-state index in [-0.39, 0.29) is 29.6 Å². The Labute approximate surface area is 259 Å². The summed E-state index contributed by atoms with van der Waals surface area (Å²) in [5, 5.41) is 14.7. The summed E-state index contributed by atoms with van der Waals surface area (Å²) in [6.07, 6.45) is 5.50. The van der Waals surface area contributed by atoms with Crippen LogP contribution in [0.1, 0.15) is 73.0 Å². The molecule has 7 rings (SSSR count). The number of ketones is 1. The Kier molecular flexibility index (Phi) is 7.61. The van der Waals surface area contributed by atoms with Gasteiger partial charge in [-0.15, -0.1) is 0 Å². The monoisotopic (exact) mass is 594 g/mol. The molecule has 0 aromatic heterocycles. The summed E-state index contributed by atoms with van der Waals surface area (Å²) >= 11 is 0. The van der Waals surface area contributed by atoms with Crippen LogP contribution in [-0.2, 0) is 23.1 Å². The van der Waals surface area contributed by atoms with E-state index in [0.717, 1.165) is 78.1 Å². The van der Waals surface area contributed by atoms with Gasteiger partial charge in [0.05, 0.1) is 5.56 Å². The fourth-order valence-electron chi connectivity index (χ4n) is 8.31. The van der Waals surface area contributed by atoms with Crippen LogP contribution >= 0.6 is 0 Å². The molecule has 7 nitrogen and oxygen atoms in total. The van der Waals surface area contributed by atoms with Crippen molar-refractivity contribution < 1.29 is 24.2 Å². The molecule has 1 unspecified atom stereocenters. The Morgan fingerprint density at radius 2 is 1.89 bits per heavy atom. The number of benzene rings is 3. The summed E-state index contributed by atoms with van der Waals surface area (Å²) in [7, 11) is 0. The van der Waals surface area contributed by atoms with Crippen LogP contribution in [-0.4, -0.2) is 54.2 Å². The van der Waals surface area contributed by atoms with Gasteiger partial charge in [0.2, 0.25) is 6.79 Å². The number of aromatic hydroxyl groups is 1. The van der Waals surface area contributed by atoms with Crippen molar-refractivity contribution in [2.24, 2.45) is 11.8 Å². The number of amides is 1. The van der Waals surface area contributed by atoms with E-state index in [1.54, 1.807) is 6.07 Å². The fourth-order valence-corrected chi connectivity index (χ4v) is 8.31. The maximum atomic E-state index is 13.4. The normalized spacial score (nSPS) is 24.4. The van der Waals surface area contributed by atoms with Gasteiger partial charge in [0.15, 0.2) is 11.5 Å². The van der Waals surface area contributed by atoms with E-state index in [1.807, 2.05) is 24.3 Å². The van der Waals surface area contributed by atoms with E-state index in [2.05, 4.69) is 48.3 Å². The SMILES string of the molecule is CCC(C)CN1CC[C@]23CC(=O)CC[C@H]2[C@H]1Cc1ccc(C(=O)NCCc2ccc(-c4ccc5c(c4)OCO5)cc2)c(O)c13. The van der Waals surface area contributed by atoms with Crippen molar-refractivity contribution in [1.82, 2.24) is 10.2 Å². The lowest BCUT2D eigenvalue weighted by Crippen LogP contribution is -2.62. The van der Waals surface area contributed by atoms with E-state index < -0.39 is 0 Å². The summed E-state index contributed by atoms with van der Waals surface area (Å²) in [6.45, 7) is 7.28. The van der Waals surface area contributed by atoms with E-state index in [0.29, 0.717) is 49.2 Å². The molecule has 4 aliphatic rings. The van der Waals surface area contributed by atoms with Gasteiger partial charge in [-0.3, -0.25) is 14.5 Å². The Hall–Kier alpha value is -3.84. The third-order valence-corrected chi connectivity index (χ3v) is 10.8.